The van der Waals surface area contributed by atoms with Gasteiger partial charge in [-0.15, -0.1) is 0 Å². The molecule has 3 aromatic rings. The number of aryl methyl sites for hydroxylation is 1. The van der Waals surface area contributed by atoms with Crippen LogP contribution in [0.3, 0.4) is 0 Å². The first-order chi connectivity index (χ1) is 16.0. The van der Waals surface area contributed by atoms with Crippen molar-refractivity contribution in [1.82, 2.24) is 4.90 Å². The number of carbonyl (C=O) groups is 1. The van der Waals surface area contributed by atoms with Crippen LogP contribution >= 0.6 is 0 Å². The van der Waals surface area contributed by atoms with Crippen molar-refractivity contribution < 1.29 is 19.4 Å². The predicted molar refractivity (Wildman–Crippen MR) is 129 cm³/mol. The van der Waals surface area contributed by atoms with E-state index in [2.05, 4.69) is 10.2 Å². The Morgan fingerprint density at radius 2 is 1.88 bits per heavy atom. The number of likely N-dealkylation sites (tertiary alicyclic amines) is 1. The number of hydrogen-bond donors (Lipinski definition) is 2. The van der Waals surface area contributed by atoms with E-state index in [1.165, 1.54) is 0 Å². The maximum absolute atomic E-state index is 13.1. The van der Waals surface area contributed by atoms with Crippen LogP contribution < -0.4 is 14.8 Å². The summed E-state index contributed by atoms with van der Waals surface area (Å²) in [6, 6.07) is 20.7. The quantitative estimate of drug-likeness (QED) is 0.515. The van der Waals surface area contributed by atoms with E-state index >= 15 is 0 Å². The SMILES string of the molecule is COc1ccc(C)cc1NC(=O)C1CCCN1Cc1ccc(O)c(OCc2ccccc2)c1. The lowest BCUT2D eigenvalue weighted by molar-refractivity contribution is -0.120. The topological polar surface area (TPSA) is 71.0 Å². The molecule has 2 N–H and O–H groups in total. The number of carbonyl (C=O) groups excluding carboxylic acids is 1. The molecule has 4 rings (SSSR count). The lowest BCUT2D eigenvalue weighted by atomic mass is 10.1. The van der Waals surface area contributed by atoms with Crippen LogP contribution in [0.15, 0.2) is 66.7 Å². The van der Waals surface area contributed by atoms with Gasteiger partial charge in [-0.2, -0.15) is 0 Å². The lowest BCUT2D eigenvalue weighted by Crippen LogP contribution is -2.39. The van der Waals surface area contributed by atoms with Crippen LogP contribution in [-0.2, 0) is 17.9 Å². The zero-order valence-corrected chi connectivity index (χ0v) is 19.1. The van der Waals surface area contributed by atoms with Crippen molar-refractivity contribution in [2.45, 2.75) is 39.0 Å². The summed E-state index contributed by atoms with van der Waals surface area (Å²) in [5.74, 6) is 1.17. The number of phenols is 1. The van der Waals surface area contributed by atoms with Crippen LogP contribution in [0.4, 0.5) is 5.69 Å². The summed E-state index contributed by atoms with van der Waals surface area (Å²) in [4.78, 5) is 15.3. The van der Waals surface area contributed by atoms with E-state index in [4.69, 9.17) is 9.47 Å². The third kappa shape index (κ3) is 5.65. The van der Waals surface area contributed by atoms with Gasteiger partial charge in [0.1, 0.15) is 12.4 Å². The molecule has 1 atom stereocenters. The van der Waals surface area contributed by atoms with Gasteiger partial charge in [-0.05, 0) is 67.3 Å². The predicted octanol–water partition coefficient (Wildman–Crippen LogP) is 4.89. The van der Waals surface area contributed by atoms with Gasteiger partial charge in [0.05, 0.1) is 18.8 Å². The molecular weight excluding hydrogens is 416 g/mol. The fourth-order valence-electron chi connectivity index (χ4n) is 4.19. The highest BCUT2D eigenvalue weighted by Crippen LogP contribution is 2.31. The number of hydrogen-bond acceptors (Lipinski definition) is 5. The van der Waals surface area contributed by atoms with Gasteiger partial charge in [0, 0.05) is 6.54 Å². The summed E-state index contributed by atoms with van der Waals surface area (Å²) in [6.07, 6.45) is 1.76. The standard InChI is InChI=1S/C27H30N2O4/c1-19-10-13-25(32-2)22(15-19)28-27(31)23-9-6-14-29(23)17-21-11-12-24(30)26(16-21)33-18-20-7-4-3-5-8-20/h3-5,7-8,10-13,15-16,23,30H,6,9,14,17-18H2,1-2H3,(H,28,31). The summed E-state index contributed by atoms with van der Waals surface area (Å²) in [7, 11) is 1.60. The molecule has 1 unspecified atom stereocenters. The molecule has 0 aromatic heterocycles. The molecule has 0 aliphatic carbocycles. The Morgan fingerprint density at radius 1 is 1.06 bits per heavy atom. The van der Waals surface area contributed by atoms with Gasteiger partial charge in [-0.25, -0.2) is 0 Å². The zero-order chi connectivity index (χ0) is 23.2. The highest BCUT2D eigenvalue weighted by Gasteiger charge is 2.31. The summed E-state index contributed by atoms with van der Waals surface area (Å²) < 4.78 is 11.3. The Balaban J connectivity index is 1.43. The fourth-order valence-corrected chi connectivity index (χ4v) is 4.19. The van der Waals surface area contributed by atoms with Gasteiger partial charge >= 0.3 is 0 Å². The number of ether oxygens (including phenoxy) is 2. The smallest absolute Gasteiger partial charge is 0.241 e. The van der Waals surface area contributed by atoms with Crippen LogP contribution in [0.5, 0.6) is 17.2 Å². The van der Waals surface area contributed by atoms with E-state index in [1.807, 2.05) is 67.6 Å². The van der Waals surface area contributed by atoms with Gasteiger partial charge in [0.2, 0.25) is 5.91 Å². The van der Waals surface area contributed by atoms with Crippen molar-refractivity contribution >= 4 is 11.6 Å². The maximum Gasteiger partial charge on any atom is 0.241 e. The summed E-state index contributed by atoms with van der Waals surface area (Å²) in [5.41, 5.74) is 3.77. The average Bonchev–Trinajstić information content (AvgIpc) is 3.28. The number of amides is 1. The molecule has 1 fully saturated rings. The van der Waals surface area contributed by atoms with Crippen molar-refractivity contribution in [2.75, 3.05) is 19.0 Å². The maximum atomic E-state index is 13.1. The molecule has 6 heteroatoms. The van der Waals surface area contributed by atoms with E-state index in [0.717, 1.165) is 36.1 Å². The molecule has 0 spiro atoms. The van der Waals surface area contributed by atoms with Crippen LogP contribution in [-0.4, -0.2) is 35.6 Å². The summed E-state index contributed by atoms with van der Waals surface area (Å²) >= 11 is 0. The molecule has 1 heterocycles. The van der Waals surface area contributed by atoms with Gasteiger partial charge in [-0.1, -0.05) is 42.5 Å². The van der Waals surface area contributed by atoms with E-state index in [0.29, 0.717) is 30.3 Å². The second kappa shape index (κ2) is 10.4. The number of aromatic hydroxyl groups is 1. The molecule has 3 aromatic carbocycles. The first kappa shape index (κ1) is 22.7. The minimum absolute atomic E-state index is 0.0317. The first-order valence-electron chi connectivity index (χ1n) is 11.2. The lowest BCUT2D eigenvalue weighted by Gasteiger charge is -2.24. The Hall–Kier alpha value is -3.51. The highest BCUT2D eigenvalue weighted by molar-refractivity contribution is 5.96. The van der Waals surface area contributed by atoms with Gasteiger partial charge in [-0.3, -0.25) is 9.69 Å². The molecule has 172 valence electrons. The fraction of sp³-hybridized carbons (Fsp3) is 0.296. The number of benzene rings is 3. The van der Waals surface area contributed by atoms with E-state index < -0.39 is 0 Å². The number of rotatable bonds is 8. The van der Waals surface area contributed by atoms with Crippen LogP contribution in [0.25, 0.3) is 0 Å². The Kier molecular flexibility index (Phi) is 7.15. The molecule has 0 radical (unpaired) electrons. The van der Waals surface area contributed by atoms with E-state index in [9.17, 15) is 9.90 Å². The van der Waals surface area contributed by atoms with E-state index in [-0.39, 0.29) is 17.7 Å². The molecule has 0 saturated carbocycles. The molecule has 33 heavy (non-hydrogen) atoms. The average molecular weight is 447 g/mol. The van der Waals surface area contributed by atoms with Crippen molar-refractivity contribution in [2.24, 2.45) is 0 Å². The number of methoxy groups -OCH3 is 1. The minimum Gasteiger partial charge on any atom is -0.504 e. The van der Waals surface area contributed by atoms with Crippen molar-refractivity contribution in [3.05, 3.63) is 83.4 Å². The third-order valence-electron chi connectivity index (χ3n) is 5.93. The monoisotopic (exact) mass is 446 g/mol. The summed E-state index contributed by atoms with van der Waals surface area (Å²) in [6.45, 7) is 3.80. The van der Waals surface area contributed by atoms with Crippen LogP contribution in [0.2, 0.25) is 0 Å². The number of phenolic OH excluding ortho intramolecular Hbond substituents is 1. The number of nitrogens with zero attached hydrogens (tertiary/aromatic N) is 1. The molecule has 6 nitrogen and oxygen atoms in total. The normalized spacial score (nSPS) is 15.9. The van der Waals surface area contributed by atoms with Crippen LogP contribution in [0, 0.1) is 6.92 Å². The van der Waals surface area contributed by atoms with Gasteiger partial charge in [0.15, 0.2) is 11.5 Å². The number of nitrogens with one attached hydrogen (secondary N) is 1. The van der Waals surface area contributed by atoms with E-state index in [1.54, 1.807) is 13.2 Å². The molecule has 1 aliphatic heterocycles. The molecule has 0 bridgehead atoms. The Bertz CT molecular complexity index is 1100. The second-order valence-corrected chi connectivity index (χ2v) is 8.40. The molecule has 1 saturated heterocycles. The Morgan fingerprint density at radius 3 is 2.67 bits per heavy atom. The summed E-state index contributed by atoms with van der Waals surface area (Å²) in [5, 5.41) is 13.3. The van der Waals surface area contributed by atoms with Gasteiger partial charge in [0.25, 0.3) is 0 Å². The molecule has 1 aliphatic rings. The second-order valence-electron chi connectivity index (χ2n) is 8.40. The van der Waals surface area contributed by atoms with Crippen molar-refractivity contribution in [3.63, 3.8) is 0 Å². The molecule has 1 amide bonds. The zero-order valence-electron chi connectivity index (χ0n) is 19.1. The Labute approximate surface area is 194 Å². The van der Waals surface area contributed by atoms with Crippen LogP contribution in [0.1, 0.15) is 29.5 Å². The largest absolute Gasteiger partial charge is 0.504 e. The van der Waals surface area contributed by atoms with Crippen molar-refractivity contribution in [1.29, 1.82) is 0 Å². The molecular formula is C27H30N2O4. The first-order valence-corrected chi connectivity index (χ1v) is 11.2. The van der Waals surface area contributed by atoms with Crippen molar-refractivity contribution in [3.8, 4) is 17.2 Å². The van der Waals surface area contributed by atoms with Gasteiger partial charge < -0.3 is 19.9 Å². The number of anilines is 1. The highest BCUT2D eigenvalue weighted by atomic mass is 16.5. The minimum atomic E-state index is -0.224. The third-order valence-corrected chi connectivity index (χ3v) is 5.93.